The molecule has 0 N–H and O–H groups in total. The van der Waals surface area contributed by atoms with E-state index in [1.807, 2.05) is 0 Å². The van der Waals surface area contributed by atoms with Crippen molar-refractivity contribution in [1.82, 2.24) is 0 Å². The van der Waals surface area contributed by atoms with E-state index in [-0.39, 0.29) is 31.1 Å². The van der Waals surface area contributed by atoms with Crippen LogP contribution < -0.4 is 0 Å². The summed E-state index contributed by atoms with van der Waals surface area (Å²) in [5.74, 6) is -0.897. The van der Waals surface area contributed by atoms with Crippen molar-refractivity contribution in [2.24, 2.45) is 0 Å². The Bertz CT molecular complexity index is 1430. The zero-order chi connectivity index (χ0) is 52.2. The lowest BCUT2D eigenvalue weighted by Gasteiger charge is -2.18. The maximum Gasteiger partial charge on any atom is 0.306 e. The van der Waals surface area contributed by atoms with Gasteiger partial charge in [-0.15, -0.1) is 0 Å². The van der Waals surface area contributed by atoms with Crippen LogP contribution in [0, 0.1) is 0 Å². The van der Waals surface area contributed by atoms with E-state index in [1.165, 1.54) is 122 Å². The summed E-state index contributed by atoms with van der Waals surface area (Å²) in [6.45, 7) is 6.47. The summed E-state index contributed by atoms with van der Waals surface area (Å²) in [5, 5.41) is 0. The molecule has 0 fully saturated rings. The minimum Gasteiger partial charge on any atom is -0.462 e. The quantitative estimate of drug-likeness (QED) is 0.0261. The van der Waals surface area contributed by atoms with Crippen molar-refractivity contribution in [2.75, 3.05) is 13.2 Å². The molecule has 72 heavy (non-hydrogen) atoms. The highest BCUT2D eigenvalue weighted by Crippen LogP contribution is 2.16. The summed E-state index contributed by atoms with van der Waals surface area (Å²) in [5.41, 5.74) is 0. The molecule has 6 heteroatoms. The SMILES string of the molecule is CC/C=C\C/C=C\C/C=C\C/C=C\C/C=C\C/C=C\C/C=C\C/C=C\CCCCCCCCC(=O)OCC(COC(=O)CCCCCCCC)OC(=O)CCCCCCCCCCCCCCCCCCC. The van der Waals surface area contributed by atoms with Crippen LogP contribution in [0.5, 0.6) is 0 Å². The highest BCUT2D eigenvalue weighted by atomic mass is 16.6. The Hall–Kier alpha value is -3.67. The van der Waals surface area contributed by atoms with Gasteiger partial charge in [0.25, 0.3) is 0 Å². The number of rotatable bonds is 54. The largest absolute Gasteiger partial charge is 0.462 e. The number of unbranched alkanes of at least 4 members (excludes halogenated alkanes) is 27. The van der Waals surface area contributed by atoms with Gasteiger partial charge in [-0.05, 0) is 83.5 Å². The molecule has 0 aliphatic heterocycles. The number of carbonyl (C=O) groups is 3. The molecule has 1 unspecified atom stereocenters. The number of hydrogen-bond acceptors (Lipinski definition) is 6. The lowest BCUT2D eigenvalue weighted by Crippen LogP contribution is -2.30. The van der Waals surface area contributed by atoms with E-state index in [0.29, 0.717) is 19.3 Å². The summed E-state index contributed by atoms with van der Waals surface area (Å²) in [6.07, 6.45) is 80.1. The van der Waals surface area contributed by atoms with Gasteiger partial charge in [-0.25, -0.2) is 0 Å². The molecule has 0 saturated heterocycles. The first-order valence-electron chi connectivity index (χ1n) is 30.2. The number of carbonyl (C=O) groups excluding carboxylic acids is 3. The number of allylic oxidation sites excluding steroid dienone is 16. The third kappa shape index (κ3) is 57.2. The summed E-state index contributed by atoms with van der Waals surface area (Å²) >= 11 is 0. The Balaban J connectivity index is 4.14. The Kier molecular flexibility index (Phi) is 56.8. The molecule has 6 nitrogen and oxygen atoms in total. The molecule has 0 aliphatic carbocycles. The molecule has 0 bridgehead atoms. The van der Waals surface area contributed by atoms with Crippen molar-refractivity contribution in [1.29, 1.82) is 0 Å². The fourth-order valence-electron chi connectivity index (χ4n) is 8.34. The van der Waals surface area contributed by atoms with Crippen LogP contribution in [-0.2, 0) is 28.6 Å². The van der Waals surface area contributed by atoms with Crippen molar-refractivity contribution in [2.45, 2.75) is 290 Å². The zero-order valence-electron chi connectivity index (χ0n) is 47.2. The number of esters is 3. The second kappa shape index (κ2) is 59.9. The van der Waals surface area contributed by atoms with Gasteiger partial charge in [-0.1, -0.05) is 279 Å². The lowest BCUT2D eigenvalue weighted by molar-refractivity contribution is -0.167. The maximum atomic E-state index is 12.8. The van der Waals surface area contributed by atoms with Gasteiger partial charge in [0.15, 0.2) is 6.10 Å². The highest BCUT2D eigenvalue weighted by molar-refractivity contribution is 5.71. The van der Waals surface area contributed by atoms with Gasteiger partial charge in [-0.2, -0.15) is 0 Å². The first-order valence-corrected chi connectivity index (χ1v) is 30.2. The van der Waals surface area contributed by atoms with Crippen molar-refractivity contribution >= 4 is 17.9 Å². The van der Waals surface area contributed by atoms with Gasteiger partial charge >= 0.3 is 17.9 Å². The topological polar surface area (TPSA) is 78.9 Å². The highest BCUT2D eigenvalue weighted by Gasteiger charge is 2.19. The van der Waals surface area contributed by atoms with Gasteiger partial charge in [0.05, 0.1) is 0 Å². The normalized spacial score (nSPS) is 12.8. The minimum atomic E-state index is -0.779. The van der Waals surface area contributed by atoms with Crippen molar-refractivity contribution in [3.8, 4) is 0 Å². The van der Waals surface area contributed by atoms with E-state index in [4.69, 9.17) is 14.2 Å². The van der Waals surface area contributed by atoms with Crippen LogP contribution >= 0.6 is 0 Å². The van der Waals surface area contributed by atoms with E-state index < -0.39 is 6.10 Å². The number of ether oxygens (including phenoxy) is 3. The van der Waals surface area contributed by atoms with Crippen LogP contribution in [-0.4, -0.2) is 37.2 Å². The zero-order valence-corrected chi connectivity index (χ0v) is 47.2. The summed E-state index contributed by atoms with van der Waals surface area (Å²) in [6, 6.07) is 0. The average molecular weight is 1000 g/mol. The molecular formula is C66H112O6. The Morgan fingerprint density at radius 2 is 0.542 bits per heavy atom. The van der Waals surface area contributed by atoms with Gasteiger partial charge in [0, 0.05) is 19.3 Å². The predicted molar refractivity (Wildman–Crippen MR) is 311 cm³/mol. The molecule has 0 aromatic carbocycles. The fraction of sp³-hybridized carbons (Fsp3) is 0.712. The van der Waals surface area contributed by atoms with E-state index in [0.717, 1.165) is 122 Å². The van der Waals surface area contributed by atoms with Crippen LogP contribution in [0.25, 0.3) is 0 Å². The summed E-state index contributed by atoms with van der Waals surface area (Å²) in [4.78, 5) is 37.9. The molecule has 0 spiro atoms. The first kappa shape index (κ1) is 68.3. The van der Waals surface area contributed by atoms with Gasteiger partial charge < -0.3 is 14.2 Å². The third-order valence-electron chi connectivity index (χ3n) is 12.9. The molecule has 0 radical (unpaired) electrons. The summed E-state index contributed by atoms with van der Waals surface area (Å²) in [7, 11) is 0. The standard InChI is InChI=1S/C66H112O6/c1-4-7-10-13-16-18-20-22-24-26-27-28-29-30-31-32-33-34-35-36-37-38-39-41-42-44-46-48-50-53-56-59-65(68)71-62-63(61-70-64(67)58-55-52-15-12-9-6-3)72-66(69)60-57-54-51-49-47-45-43-40-25-23-21-19-17-14-11-8-5-2/h7,10,16,18,22,24,27-28,30-31,33-34,36-37,39,41,63H,4-6,8-9,11-15,17,19-21,23,25-26,29,32,35,38,40,42-62H2,1-3H3/b10-7-,18-16-,24-22-,28-27-,31-30-,34-33-,37-36-,41-39-. The monoisotopic (exact) mass is 1000 g/mol. The average Bonchev–Trinajstić information content (AvgIpc) is 3.38. The smallest absolute Gasteiger partial charge is 0.306 e. The molecule has 0 aromatic rings. The molecule has 0 amide bonds. The van der Waals surface area contributed by atoms with Crippen LogP contribution in [0.15, 0.2) is 97.2 Å². The van der Waals surface area contributed by atoms with E-state index in [2.05, 4.69) is 118 Å². The first-order chi connectivity index (χ1) is 35.5. The Morgan fingerprint density at radius 3 is 0.847 bits per heavy atom. The molecule has 412 valence electrons. The van der Waals surface area contributed by atoms with Crippen LogP contribution in [0.1, 0.15) is 284 Å². The van der Waals surface area contributed by atoms with Crippen molar-refractivity contribution in [3.63, 3.8) is 0 Å². The fourth-order valence-corrected chi connectivity index (χ4v) is 8.34. The van der Waals surface area contributed by atoms with Crippen LogP contribution in [0.4, 0.5) is 0 Å². The molecule has 1 atom stereocenters. The van der Waals surface area contributed by atoms with E-state index >= 15 is 0 Å². The van der Waals surface area contributed by atoms with Gasteiger partial charge in [0.2, 0.25) is 0 Å². The van der Waals surface area contributed by atoms with Crippen LogP contribution in [0.2, 0.25) is 0 Å². The molecule has 0 saturated carbocycles. The third-order valence-corrected chi connectivity index (χ3v) is 12.9. The minimum absolute atomic E-state index is 0.0797. The van der Waals surface area contributed by atoms with Crippen LogP contribution in [0.3, 0.4) is 0 Å². The lowest BCUT2D eigenvalue weighted by atomic mass is 10.0. The Morgan fingerprint density at radius 1 is 0.292 bits per heavy atom. The van der Waals surface area contributed by atoms with E-state index in [1.54, 1.807) is 0 Å². The molecule has 0 heterocycles. The molecule has 0 aromatic heterocycles. The second-order valence-electron chi connectivity index (χ2n) is 19.9. The Labute approximate surface area is 445 Å². The van der Waals surface area contributed by atoms with Crippen molar-refractivity contribution in [3.05, 3.63) is 97.2 Å². The predicted octanol–water partition coefficient (Wildman–Crippen LogP) is 20.5. The second-order valence-corrected chi connectivity index (χ2v) is 19.9. The van der Waals surface area contributed by atoms with Gasteiger partial charge in [-0.3, -0.25) is 14.4 Å². The molecule has 0 aliphatic rings. The maximum absolute atomic E-state index is 12.8. The molecular weight excluding hydrogens is 889 g/mol. The van der Waals surface area contributed by atoms with E-state index in [9.17, 15) is 14.4 Å². The number of hydrogen-bond donors (Lipinski definition) is 0. The summed E-state index contributed by atoms with van der Waals surface area (Å²) < 4.78 is 16.8. The molecule has 0 rings (SSSR count). The van der Waals surface area contributed by atoms with Crippen molar-refractivity contribution < 1.29 is 28.6 Å². The van der Waals surface area contributed by atoms with Gasteiger partial charge in [0.1, 0.15) is 13.2 Å².